The Morgan fingerprint density at radius 2 is 0.689 bits per heavy atom. The minimum atomic E-state index is -0.0232. The first-order valence-corrected chi connectivity index (χ1v) is 35.8. The Morgan fingerprint density at radius 1 is 0.291 bits per heavy atom. The number of benzene rings is 16. The highest BCUT2D eigenvalue weighted by Crippen LogP contribution is 2.50. The maximum absolute atomic E-state index is 7.09. The van der Waals surface area contributed by atoms with E-state index in [-0.39, 0.29) is 5.41 Å². The molecule has 6 nitrogen and oxygen atoms in total. The van der Waals surface area contributed by atoms with E-state index >= 15 is 0 Å². The molecule has 4 heterocycles. The van der Waals surface area contributed by atoms with Gasteiger partial charge in [0.1, 0.15) is 22.3 Å². The van der Waals surface area contributed by atoms with Crippen molar-refractivity contribution in [1.29, 1.82) is 0 Å². The Labute approximate surface area is 596 Å². The van der Waals surface area contributed by atoms with Crippen LogP contribution in [0.3, 0.4) is 0 Å². The average molecular weight is 1320 g/mol. The van der Waals surface area contributed by atoms with Gasteiger partial charge in [0.2, 0.25) is 0 Å². The van der Waals surface area contributed by atoms with Gasteiger partial charge >= 0.3 is 0 Å². The van der Waals surface area contributed by atoms with E-state index in [1.165, 1.54) is 65.3 Å². The number of para-hydroxylation sites is 2. The average Bonchev–Trinajstić information content (AvgIpc) is 1.59. The Bertz CT molecular complexity index is 6820. The molecule has 0 aliphatic carbocycles. The van der Waals surface area contributed by atoms with Gasteiger partial charge in [0, 0.05) is 89.3 Å². The third-order valence-electron chi connectivity index (χ3n) is 21.6. The number of anilines is 6. The van der Waals surface area contributed by atoms with Crippen LogP contribution in [0.1, 0.15) is 51.7 Å². The fourth-order valence-corrected chi connectivity index (χ4v) is 16.7. The first kappa shape index (κ1) is 60.1. The van der Waals surface area contributed by atoms with Crippen molar-refractivity contribution in [3.8, 4) is 33.6 Å². The van der Waals surface area contributed by atoms with E-state index in [0.29, 0.717) is 5.92 Å². The SMILES string of the molecule is CC(C)c1cccc(-n2c3ccccc3c3c(N(c4ccc(-c5cccc6ccccc56)cc4)c4ccc5c(c4)oc4ccc6c(ccc7oc8cc(N(c9ccc(-c%10cccc%11ccccc%10%11)cc9)c9cccc%10c9c9ccccc9n%10-c9cccc(C(C)(C)C)c9)ccc8c76)c45)cccc32)c1. The normalized spacial score (nSPS) is 12.2. The quantitative estimate of drug-likeness (QED) is 0.129. The zero-order valence-electron chi connectivity index (χ0n) is 57.9. The fraction of sp³-hybridized carbons (Fsp3) is 0.0722. The van der Waals surface area contributed by atoms with Gasteiger partial charge in [-0.2, -0.15) is 0 Å². The van der Waals surface area contributed by atoms with Crippen LogP contribution < -0.4 is 9.80 Å². The summed E-state index contributed by atoms with van der Waals surface area (Å²) < 4.78 is 19.1. The largest absolute Gasteiger partial charge is 0.456 e. The zero-order valence-corrected chi connectivity index (χ0v) is 57.9. The maximum Gasteiger partial charge on any atom is 0.137 e. The number of hydrogen-bond donors (Lipinski definition) is 0. The Morgan fingerprint density at radius 3 is 1.17 bits per heavy atom. The Hall–Kier alpha value is -12.9. The number of hydrogen-bond acceptors (Lipinski definition) is 4. The van der Waals surface area contributed by atoms with Gasteiger partial charge < -0.3 is 27.8 Å². The number of rotatable bonds is 11. The lowest BCUT2D eigenvalue weighted by atomic mass is 9.87. The van der Waals surface area contributed by atoms with Crippen LogP contribution in [-0.4, -0.2) is 9.13 Å². The molecule has 16 aromatic carbocycles. The van der Waals surface area contributed by atoms with Gasteiger partial charge in [-0.25, -0.2) is 0 Å². The molecule has 0 aliphatic heterocycles. The second-order valence-electron chi connectivity index (χ2n) is 29.0. The first-order valence-electron chi connectivity index (χ1n) is 35.8. The fourth-order valence-electron chi connectivity index (χ4n) is 16.7. The van der Waals surface area contributed by atoms with Gasteiger partial charge in [-0.1, -0.05) is 217 Å². The number of fused-ring (bicyclic) bond motifs is 17. The molecule has 0 radical (unpaired) electrons. The summed E-state index contributed by atoms with van der Waals surface area (Å²) in [4.78, 5) is 4.84. The lowest BCUT2D eigenvalue weighted by molar-refractivity contribution is 0.590. The number of nitrogens with zero attached hydrogens (tertiary/aromatic N) is 4. The molecule has 0 unspecified atom stereocenters. The maximum atomic E-state index is 7.09. The Kier molecular flexibility index (Phi) is 13.6. The Balaban J connectivity index is 0.737. The van der Waals surface area contributed by atoms with Crippen molar-refractivity contribution < 1.29 is 8.83 Å². The second-order valence-corrected chi connectivity index (χ2v) is 29.0. The minimum Gasteiger partial charge on any atom is -0.456 e. The highest BCUT2D eigenvalue weighted by molar-refractivity contribution is 6.28. The van der Waals surface area contributed by atoms with Crippen LogP contribution in [0.4, 0.5) is 34.1 Å². The molecule has 0 aliphatic rings. The van der Waals surface area contributed by atoms with Crippen molar-refractivity contribution >= 4 is 154 Å². The summed E-state index contributed by atoms with van der Waals surface area (Å²) in [6.07, 6.45) is 0. The van der Waals surface area contributed by atoms with E-state index < -0.39 is 0 Å². The molecule has 0 fully saturated rings. The molecule has 0 amide bonds. The molecule has 0 atom stereocenters. The van der Waals surface area contributed by atoms with Crippen LogP contribution in [0.5, 0.6) is 0 Å². The van der Waals surface area contributed by atoms with Crippen molar-refractivity contribution in [3.63, 3.8) is 0 Å². The molecule has 0 saturated carbocycles. The van der Waals surface area contributed by atoms with Gasteiger partial charge in [-0.3, -0.25) is 0 Å². The van der Waals surface area contributed by atoms with Crippen LogP contribution in [0.15, 0.2) is 336 Å². The van der Waals surface area contributed by atoms with Crippen molar-refractivity contribution in [1.82, 2.24) is 9.13 Å². The molecule has 0 N–H and O–H groups in total. The van der Waals surface area contributed by atoms with Gasteiger partial charge in [-0.15, -0.1) is 0 Å². The lowest BCUT2D eigenvalue weighted by Gasteiger charge is -2.27. The van der Waals surface area contributed by atoms with E-state index in [1.807, 2.05) is 0 Å². The van der Waals surface area contributed by atoms with Crippen LogP contribution in [-0.2, 0) is 5.41 Å². The van der Waals surface area contributed by atoms with Crippen LogP contribution in [0, 0.1) is 0 Å². The predicted molar refractivity (Wildman–Crippen MR) is 435 cm³/mol. The number of aromatic nitrogens is 2. The smallest absolute Gasteiger partial charge is 0.137 e. The van der Waals surface area contributed by atoms with Gasteiger partial charge in [-0.05, 0) is 210 Å². The minimum absolute atomic E-state index is 0.0232. The van der Waals surface area contributed by atoms with E-state index in [0.717, 1.165) is 133 Å². The molecule has 103 heavy (non-hydrogen) atoms. The van der Waals surface area contributed by atoms with Crippen LogP contribution in [0.2, 0.25) is 0 Å². The van der Waals surface area contributed by atoms with Crippen molar-refractivity contribution in [3.05, 3.63) is 339 Å². The van der Waals surface area contributed by atoms with Crippen molar-refractivity contribution in [2.75, 3.05) is 9.80 Å². The standard InChI is InChI=1S/C97H70N4O2/c1-60(2)65-24-14-26-69(56-65)100-83-34-12-10-30-79(83)95-85(36-18-38-87(95)100)98(67-44-40-63(41-45-67)75-32-15-22-61-20-6-8-28-73(61)75)71-48-50-81-91(58-71)102-89-54-52-78-77(93(81)89)53-55-90-94(78)82-51-49-72(59-92(82)103-90)99(68-46-42-64(43-47-68)76-33-16-23-62-21-7-9-29-74(62)76)86-37-19-39-88-96(86)80-31-11-13-35-84(80)101(88)70-27-17-25-66(57-70)97(3,4)5/h6-60H,1-5H3. The molecular formula is C97H70N4O2. The second kappa shape index (κ2) is 23.3. The first-order chi connectivity index (χ1) is 50.5. The van der Waals surface area contributed by atoms with E-state index in [2.05, 4.69) is 381 Å². The molecule has 4 aromatic heterocycles. The zero-order chi connectivity index (χ0) is 68.8. The molecule has 490 valence electrons. The van der Waals surface area contributed by atoms with Crippen LogP contribution in [0.25, 0.3) is 153 Å². The summed E-state index contributed by atoms with van der Waals surface area (Å²) in [6, 6.07) is 120. The van der Waals surface area contributed by atoms with Gasteiger partial charge in [0.25, 0.3) is 0 Å². The molecular weight excluding hydrogens is 1250 g/mol. The summed E-state index contributed by atoms with van der Waals surface area (Å²) in [5.74, 6) is 0.386. The lowest BCUT2D eigenvalue weighted by Crippen LogP contribution is -2.11. The molecule has 20 rings (SSSR count). The topological polar surface area (TPSA) is 42.6 Å². The summed E-state index contributed by atoms with van der Waals surface area (Å²) in [5.41, 5.74) is 23.6. The molecule has 0 spiro atoms. The summed E-state index contributed by atoms with van der Waals surface area (Å²) >= 11 is 0. The van der Waals surface area contributed by atoms with Crippen molar-refractivity contribution in [2.24, 2.45) is 0 Å². The van der Waals surface area contributed by atoms with E-state index in [1.54, 1.807) is 0 Å². The van der Waals surface area contributed by atoms with E-state index in [9.17, 15) is 0 Å². The predicted octanol–water partition coefficient (Wildman–Crippen LogP) is 27.8. The monoisotopic (exact) mass is 1320 g/mol. The summed E-state index contributed by atoms with van der Waals surface area (Å²) in [5, 5.41) is 16.0. The highest BCUT2D eigenvalue weighted by atomic mass is 16.3. The molecule has 20 aromatic rings. The summed E-state index contributed by atoms with van der Waals surface area (Å²) in [7, 11) is 0. The highest BCUT2D eigenvalue weighted by Gasteiger charge is 2.27. The van der Waals surface area contributed by atoms with Crippen LogP contribution >= 0.6 is 0 Å². The molecule has 6 heteroatoms. The van der Waals surface area contributed by atoms with E-state index in [4.69, 9.17) is 8.83 Å². The number of furan rings is 2. The van der Waals surface area contributed by atoms with Gasteiger partial charge in [0.15, 0.2) is 0 Å². The van der Waals surface area contributed by atoms with Gasteiger partial charge in [0.05, 0.1) is 33.4 Å². The summed E-state index contributed by atoms with van der Waals surface area (Å²) in [6.45, 7) is 11.4. The third kappa shape index (κ3) is 9.62. The molecule has 0 saturated heterocycles. The van der Waals surface area contributed by atoms with Crippen molar-refractivity contribution in [2.45, 2.75) is 46.0 Å². The molecule has 0 bridgehead atoms. The third-order valence-corrected chi connectivity index (χ3v) is 21.6.